The van der Waals surface area contributed by atoms with Crippen molar-refractivity contribution in [3.63, 3.8) is 0 Å². The molecule has 2 rings (SSSR count). The third kappa shape index (κ3) is 1.83. The van der Waals surface area contributed by atoms with E-state index in [9.17, 15) is 5.21 Å². The molecule has 0 fully saturated rings. The van der Waals surface area contributed by atoms with Gasteiger partial charge in [0.25, 0.3) is 5.62 Å². The van der Waals surface area contributed by atoms with Gasteiger partial charge in [0.15, 0.2) is 0 Å². The first-order valence-corrected chi connectivity index (χ1v) is 4.80. The van der Waals surface area contributed by atoms with Crippen molar-refractivity contribution in [3.8, 4) is 0 Å². The molecule has 0 spiro atoms. The molecule has 6 heteroatoms. The highest BCUT2D eigenvalue weighted by Crippen LogP contribution is 2.09. The molecule has 0 radical (unpaired) electrons. The van der Waals surface area contributed by atoms with Crippen LogP contribution >= 0.6 is 0 Å². The van der Waals surface area contributed by atoms with E-state index in [0.29, 0.717) is 16.5 Å². The maximum atomic E-state index is 9.30. The lowest BCUT2D eigenvalue weighted by atomic mass is 10.3. The fourth-order valence-electron chi connectivity index (χ4n) is 1.48. The van der Waals surface area contributed by atoms with Gasteiger partial charge in [0.05, 0.1) is 0 Å². The molecule has 0 bridgehead atoms. The van der Waals surface area contributed by atoms with Gasteiger partial charge in [-0.05, 0) is 13.3 Å². The average molecular weight is 207 g/mol. The molecule has 2 N–H and O–H groups in total. The molecule has 2 heterocycles. The summed E-state index contributed by atoms with van der Waals surface area (Å²) in [4.78, 5) is 10.0. The number of aromatic nitrogens is 3. The van der Waals surface area contributed by atoms with Crippen molar-refractivity contribution in [1.82, 2.24) is 14.7 Å². The lowest BCUT2D eigenvalue weighted by Gasteiger charge is -2.23. The second-order valence-corrected chi connectivity index (χ2v) is 3.41. The summed E-state index contributed by atoms with van der Waals surface area (Å²) in [6.07, 6.45) is 5.12. The van der Waals surface area contributed by atoms with E-state index in [1.54, 1.807) is 6.92 Å². The fourth-order valence-corrected chi connectivity index (χ4v) is 1.48. The maximum Gasteiger partial charge on any atom is 0.260 e. The van der Waals surface area contributed by atoms with Crippen molar-refractivity contribution < 1.29 is 5.21 Å². The number of aryl methyl sites for hydroxylation is 1. The van der Waals surface area contributed by atoms with Gasteiger partial charge in [-0.1, -0.05) is 12.2 Å². The molecule has 0 saturated carbocycles. The summed E-state index contributed by atoms with van der Waals surface area (Å²) in [5, 5.41) is 16.7. The van der Waals surface area contributed by atoms with Crippen LogP contribution < -0.4 is 10.5 Å². The Bertz CT molecular complexity index is 450. The van der Waals surface area contributed by atoms with E-state index in [0.717, 1.165) is 19.5 Å². The molecule has 1 aliphatic heterocycles. The minimum atomic E-state index is -0.188. The van der Waals surface area contributed by atoms with E-state index in [1.807, 2.05) is 11.0 Å². The van der Waals surface area contributed by atoms with Crippen LogP contribution in [0.25, 0.3) is 0 Å². The molecule has 0 unspecified atom stereocenters. The average Bonchev–Trinajstić information content (AvgIpc) is 2.26. The molecule has 0 atom stereocenters. The summed E-state index contributed by atoms with van der Waals surface area (Å²) in [7, 11) is 0. The lowest BCUT2D eigenvalue weighted by molar-refractivity contribution is 0.153. The molecular weight excluding hydrogens is 194 g/mol. The molecule has 1 aromatic heterocycles. The van der Waals surface area contributed by atoms with E-state index < -0.39 is 0 Å². The van der Waals surface area contributed by atoms with Gasteiger partial charge >= 0.3 is 0 Å². The second-order valence-electron chi connectivity index (χ2n) is 3.41. The molecule has 0 amide bonds. The first-order chi connectivity index (χ1) is 7.18. The van der Waals surface area contributed by atoms with Crippen molar-refractivity contribution in [2.45, 2.75) is 13.3 Å². The normalized spacial score (nSPS) is 15.7. The van der Waals surface area contributed by atoms with Gasteiger partial charge in [0.2, 0.25) is 5.95 Å². The van der Waals surface area contributed by atoms with Crippen molar-refractivity contribution >= 4 is 5.95 Å². The van der Waals surface area contributed by atoms with E-state index in [2.05, 4.69) is 16.0 Å². The van der Waals surface area contributed by atoms with Crippen LogP contribution in [0, 0.1) is 12.3 Å². The largest absolute Gasteiger partial charge is 0.424 e. The van der Waals surface area contributed by atoms with Gasteiger partial charge < -0.3 is 10.1 Å². The van der Waals surface area contributed by atoms with E-state index in [-0.39, 0.29) is 5.62 Å². The molecule has 1 aliphatic rings. The zero-order valence-corrected chi connectivity index (χ0v) is 8.51. The van der Waals surface area contributed by atoms with Crippen LogP contribution in [0.3, 0.4) is 0 Å². The van der Waals surface area contributed by atoms with Gasteiger partial charge in [0.1, 0.15) is 5.82 Å². The SMILES string of the molecule is Cc1nc(N2CC=CCC2)nc(=N)n1O. The molecule has 0 aromatic carbocycles. The highest BCUT2D eigenvalue weighted by molar-refractivity contribution is 5.31. The predicted molar refractivity (Wildman–Crippen MR) is 53.8 cm³/mol. The zero-order valence-electron chi connectivity index (χ0n) is 8.51. The summed E-state index contributed by atoms with van der Waals surface area (Å²) in [6.45, 7) is 3.25. The Labute approximate surface area is 87.0 Å². The molecule has 1 aromatic rings. The van der Waals surface area contributed by atoms with Crippen LogP contribution in [0.15, 0.2) is 12.2 Å². The zero-order chi connectivity index (χ0) is 10.8. The first-order valence-electron chi connectivity index (χ1n) is 4.80. The summed E-state index contributed by atoms with van der Waals surface area (Å²) in [6, 6.07) is 0. The number of nitrogens with zero attached hydrogens (tertiary/aromatic N) is 4. The van der Waals surface area contributed by atoms with Crippen molar-refractivity contribution in [2.75, 3.05) is 18.0 Å². The van der Waals surface area contributed by atoms with Crippen LogP contribution in [0.1, 0.15) is 12.2 Å². The maximum absolute atomic E-state index is 9.30. The highest BCUT2D eigenvalue weighted by Gasteiger charge is 2.12. The van der Waals surface area contributed by atoms with Gasteiger partial charge in [-0.25, -0.2) is 0 Å². The van der Waals surface area contributed by atoms with Gasteiger partial charge in [-0.15, -0.1) is 4.73 Å². The van der Waals surface area contributed by atoms with E-state index in [1.165, 1.54) is 0 Å². The Morgan fingerprint density at radius 3 is 2.80 bits per heavy atom. The standard InChI is InChI=1S/C9H13N5O/c1-7-11-9(12-8(10)14(7)15)13-5-3-2-4-6-13/h2-3,10,15H,4-6H2,1H3. The third-order valence-corrected chi connectivity index (χ3v) is 2.32. The monoisotopic (exact) mass is 207 g/mol. The topological polar surface area (TPSA) is 78.0 Å². The Morgan fingerprint density at radius 2 is 2.20 bits per heavy atom. The Hall–Kier alpha value is -1.85. The summed E-state index contributed by atoms with van der Waals surface area (Å²) < 4.78 is 0.670. The highest BCUT2D eigenvalue weighted by atomic mass is 16.5. The van der Waals surface area contributed by atoms with Gasteiger partial charge in [0, 0.05) is 13.1 Å². The third-order valence-electron chi connectivity index (χ3n) is 2.32. The number of hydrogen-bond donors (Lipinski definition) is 2. The smallest absolute Gasteiger partial charge is 0.260 e. The number of rotatable bonds is 1. The summed E-state index contributed by atoms with van der Waals surface area (Å²) >= 11 is 0. The van der Waals surface area contributed by atoms with E-state index in [4.69, 9.17) is 5.41 Å². The van der Waals surface area contributed by atoms with Crippen LogP contribution in [0.2, 0.25) is 0 Å². The molecule has 6 nitrogen and oxygen atoms in total. The van der Waals surface area contributed by atoms with Crippen LogP contribution in [0.5, 0.6) is 0 Å². The van der Waals surface area contributed by atoms with Crippen LogP contribution in [0.4, 0.5) is 5.95 Å². The quantitative estimate of drug-likeness (QED) is 0.504. The van der Waals surface area contributed by atoms with Crippen LogP contribution in [-0.2, 0) is 0 Å². The Balaban J connectivity index is 2.37. The molecule has 0 saturated heterocycles. The van der Waals surface area contributed by atoms with Crippen molar-refractivity contribution in [2.24, 2.45) is 0 Å². The summed E-state index contributed by atoms with van der Waals surface area (Å²) in [5.74, 6) is 0.881. The van der Waals surface area contributed by atoms with Crippen LogP contribution in [-0.4, -0.2) is 33.0 Å². The lowest BCUT2D eigenvalue weighted by Crippen LogP contribution is -2.34. The van der Waals surface area contributed by atoms with Crippen molar-refractivity contribution in [1.29, 1.82) is 5.41 Å². The van der Waals surface area contributed by atoms with Gasteiger partial charge in [-0.3, -0.25) is 5.41 Å². The Morgan fingerprint density at radius 1 is 1.40 bits per heavy atom. The Kier molecular flexibility index (Phi) is 2.40. The predicted octanol–water partition coefficient (Wildman–Crippen LogP) is 0.0696. The molecule has 0 aliphatic carbocycles. The van der Waals surface area contributed by atoms with E-state index >= 15 is 0 Å². The number of nitrogens with one attached hydrogen (secondary N) is 1. The minimum absolute atomic E-state index is 0.188. The first kappa shape index (κ1) is 9.70. The second kappa shape index (κ2) is 3.72. The molecular formula is C9H13N5O. The number of anilines is 1. The number of hydrogen-bond acceptors (Lipinski definition) is 5. The molecule has 80 valence electrons. The van der Waals surface area contributed by atoms with Gasteiger partial charge in [-0.2, -0.15) is 9.97 Å². The minimum Gasteiger partial charge on any atom is -0.424 e. The molecule has 15 heavy (non-hydrogen) atoms. The summed E-state index contributed by atoms with van der Waals surface area (Å²) in [5.41, 5.74) is -0.188. The fraction of sp³-hybridized carbons (Fsp3) is 0.444. The van der Waals surface area contributed by atoms with Crippen molar-refractivity contribution in [3.05, 3.63) is 23.6 Å².